The van der Waals surface area contributed by atoms with Crippen LogP contribution < -0.4 is 16.1 Å². The molecule has 264 valence electrons. The van der Waals surface area contributed by atoms with Crippen LogP contribution in [0.4, 0.5) is 24.5 Å². The Labute approximate surface area is 299 Å². The minimum absolute atomic E-state index is 0.0569. The van der Waals surface area contributed by atoms with E-state index in [1.807, 2.05) is 22.6 Å². The van der Waals surface area contributed by atoms with Gasteiger partial charge in [0.25, 0.3) is 17.7 Å². The molecule has 0 aliphatic carbocycles. The normalized spacial score (nSPS) is 15.7. The summed E-state index contributed by atoms with van der Waals surface area (Å²) in [6.07, 6.45) is 4.26. The number of rotatable bonds is 16. The predicted molar refractivity (Wildman–Crippen MR) is 183 cm³/mol. The lowest BCUT2D eigenvalue weighted by Gasteiger charge is -2.27. The minimum atomic E-state index is -1.33. The highest BCUT2D eigenvalue weighted by atomic mass is 127. The number of hydroxylamine groups is 1. The zero-order chi connectivity index (χ0) is 35.8. The lowest BCUT2D eigenvalue weighted by Crippen LogP contribution is -2.54. The number of benzene rings is 3. The highest BCUT2D eigenvalue weighted by molar-refractivity contribution is 14.1. The molecule has 15 heteroatoms. The smallest absolute Gasteiger partial charge is 0.277 e. The Morgan fingerprint density at radius 2 is 1.66 bits per heavy atom. The van der Waals surface area contributed by atoms with Crippen molar-refractivity contribution in [3.05, 3.63) is 91.8 Å². The average molecular weight is 807 g/mol. The Kier molecular flexibility index (Phi) is 12.6. The standard InChI is InChI=1S/C35H34F3IN4O7/c36-24-12-11-23(31(30(24)38)40-26-13-10-21(39)19-25(26)37)32(45)42-50-18-4-2-1-3-16-49-17-6-8-20-7-5-9-22-29(20)35(48)43(34(22)47)27-14-15-28(44)41-33(27)46/h5,7,9-13,19,27,40H,1-4,6,8,14-18H2,(H,42,45)(H,41,44,46). The van der Waals surface area contributed by atoms with Gasteiger partial charge in [-0.2, -0.15) is 0 Å². The topological polar surface area (TPSA) is 143 Å². The summed E-state index contributed by atoms with van der Waals surface area (Å²) in [4.78, 5) is 68.9. The van der Waals surface area contributed by atoms with Gasteiger partial charge < -0.3 is 10.1 Å². The van der Waals surface area contributed by atoms with Crippen molar-refractivity contribution < 1.29 is 46.7 Å². The van der Waals surface area contributed by atoms with Crippen LogP contribution in [0.5, 0.6) is 0 Å². The van der Waals surface area contributed by atoms with Crippen LogP contribution in [0.25, 0.3) is 0 Å². The van der Waals surface area contributed by atoms with Crippen molar-refractivity contribution in [2.24, 2.45) is 0 Å². The number of fused-ring (bicyclic) bond motifs is 1. The molecule has 0 radical (unpaired) electrons. The first-order chi connectivity index (χ1) is 24.1. The second-order valence-electron chi connectivity index (χ2n) is 11.7. The molecule has 5 amide bonds. The lowest BCUT2D eigenvalue weighted by molar-refractivity contribution is -0.136. The Balaban J connectivity index is 0.971. The summed E-state index contributed by atoms with van der Waals surface area (Å²) >= 11 is 1.91. The van der Waals surface area contributed by atoms with Crippen molar-refractivity contribution in [1.29, 1.82) is 0 Å². The van der Waals surface area contributed by atoms with E-state index in [1.54, 1.807) is 24.3 Å². The first-order valence-corrected chi connectivity index (χ1v) is 17.2. The average Bonchev–Trinajstić information content (AvgIpc) is 3.34. The maximum absolute atomic E-state index is 14.6. The molecule has 0 spiro atoms. The number of halogens is 4. The van der Waals surface area contributed by atoms with Gasteiger partial charge in [0.1, 0.15) is 11.9 Å². The van der Waals surface area contributed by atoms with Crippen LogP contribution in [0.1, 0.15) is 81.6 Å². The minimum Gasteiger partial charge on any atom is -0.381 e. The number of aryl methyl sites for hydroxylation is 1. The van der Waals surface area contributed by atoms with Gasteiger partial charge in [-0.3, -0.25) is 39.0 Å². The lowest BCUT2D eigenvalue weighted by atomic mass is 9.99. The van der Waals surface area contributed by atoms with E-state index < -0.39 is 58.7 Å². The molecule has 1 atom stereocenters. The first-order valence-electron chi connectivity index (χ1n) is 16.1. The number of carbonyl (C=O) groups excluding carboxylic acids is 5. The maximum atomic E-state index is 14.6. The van der Waals surface area contributed by atoms with E-state index in [9.17, 15) is 37.1 Å². The van der Waals surface area contributed by atoms with Crippen LogP contribution in [0.15, 0.2) is 48.5 Å². The van der Waals surface area contributed by atoms with E-state index >= 15 is 0 Å². The number of anilines is 2. The van der Waals surface area contributed by atoms with Crippen LogP contribution in [-0.2, 0) is 25.6 Å². The van der Waals surface area contributed by atoms with Crippen LogP contribution in [0.2, 0.25) is 0 Å². The van der Waals surface area contributed by atoms with E-state index in [2.05, 4.69) is 16.1 Å². The molecular formula is C35H34F3IN4O7. The number of ether oxygens (including phenoxy) is 1. The number of carbonyl (C=O) groups is 5. The fourth-order valence-corrected chi connectivity index (χ4v) is 6.20. The van der Waals surface area contributed by atoms with Crippen LogP contribution >= 0.6 is 22.6 Å². The summed E-state index contributed by atoms with van der Waals surface area (Å²) in [6.45, 7) is 1.13. The second kappa shape index (κ2) is 17.0. The molecule has 3 N–H and O–H groups in total. The third-order valence-electron chi connectivity index (χ3n) is 8.27. The summed E-state index contributed by atoms with van der Waals surface area (Å²) < 4.78 is 49.2. The van der Waals surface area contributed by atoms with Crippen molar-refractivity contribution in [1.82, 2.24) is 15.7 Å². The summed E-state index contributed by atoms with van der Waals surface area (Å²) in [5, 5.41) is 4.66. The number of imide groups is 2. The number of piperidine rings is 1. The zero-order valence-corrected chi connectivity index (χ0v) is 28.9. The SMILES string of the molecule is O=C1CCC(N2C(=O)c3cccc(CCCOCCCCCCONC(=O)c4ccc(F)c(F)c4Nc4ccc(I)cc4F)c3C2=O)C(=O)N1. The predicted octanol–water partition coefficient (Wildman–Crippen LogP) is 5.72. The molecular weight excluding hydrogens is 772 g/mol. The highest BCUT2D eigenvalue weighted by Gasteiger charge is 2.45. The molecule has 5 rings (SSSR count). The third-order valence-corrected chi connectivity index (χ3v) is 8.94. The Hall–Kier alpha value is -4.35. The molecule has 1 fully saturated rings. The van der Waals surface area contributed by atoms with Gasteiger partial charge >= 0.3 is 0 Å². The van der Waals surface area contributed by atoms with Crippen LogP contribution in [0.3, 0.4) is 0 Å². The van der Waals surface area contributed by atoms with Gasteiger partial charge in [-0.25, -0.2) is 18.7 Å². The number of nitrogens with one attached hydrogen (secondary N) is 3. The fourth-order valence-electron chi connectivity index (χ4n) is 5.75. The van der Waals surface area contributed by atoms with Gasteiger partial charge in [0.05, 0.1) is 34.7 Å². The molecule has 2 heterocycles. The molecule has 2 aliphatic rings. The Morgan fingerprint density at radius 3 is 2.42 bits per heavy atom. The second-order valence-corrected chi connectivity index (χ2v) is 13.0. The molecule has 0 aromatic heterocycles. The third kappa shape index (κ3) is 8.68. The van der Waals surface area contributed by atoms with E-state index in [4.69, 9.17) is 9.57 Å². The first kappa shape index (κ1) is 36.9. The van der Waals surface area contributed by atoms with Crippen molar-refractivity contribution in [3.8, 4) is 0 Å². The van der Waals surface area contributed by atoms with Crippen molar-refractivity contribution in [2.45, 2.75) is 57.4 Å². The fraction of sp³-hybridized carbons (Fsp3) is 0.343. The van der Waals surface area contributed by atoms with E-state index in [-0.39, 0.29) is 36.3 Å². The molecule has 3 aromatic rings. The van der Waals surface area contributed by atoms with Crippen molar-refractivity contribution in [2.75, 3.05) is 25.1 Å². The number of nitrogens with zero attached hydrogens (tertiary/aromatic N) is 1. The van der Waals surface area contributed by atoms with Gasteiger partial charge in [0.2, 0.25) is 11.8 Å². The molecule has 3 aromatic carbocycles. The van der Waals surface area contributed by atoms with Gasteiger partial charge in [-0.05, 0) is 96.7 Å². The Bertz CT molecular complexity index is 1810. The molecule has 11 nitrogen and oxygen atoms in total. The summed E-state index contributed by atoms with van der Waals surface area (Å²) in [5.41, 5.74) is 2.56. The monoisotopic (exact) mass is 806 g/mol. The highest BCUT2D eigenvalue weighted by Crippen LogP contribution is 2.31. The van der Waals surface area contributed by atoms with E-state index in [0.29, 0.717) is 47.2 Å². The zero-order valence-electron chi connectivity index (χ0n) is 26.8. The number of unbranched alkanes of at least 4 members (excludes halogenated alkanes) is 3. The number of hydrogen-bond acceptors (Lipinski definition) is 8. The maximum Gasteiger partial charge on any atom is 0.277 e. The van der Waals surface area contributed by atoms with Crippen molar-refractivity contribution in [3.63, 3.8) is 0 Å². The number of hydrogen-bond donors (Lipinski definition) is 3. The molecule has 1 saturated heterocycles. The molecule has 0 saturated carbocycles. The van der Waals surface area contributed by atoms with Gasteiger partial charge in [0, 0.05) is 23.2 Å². The quantitative estimate of drug-likeness (QED) is 0.0722. The van der Waals surface area contributed by atoms with Gasteiger partial charge in [-0.1, -0.05) is 25.0 Å². The summed E-state index contributed by atoms with van der Waals surface area (Å²) in [7, 11) is 0. The van der Waals surface area contributed by atoms with E-state index in [0.717, 1.165) is 36.3 Å². The van der Waals surface area contributed by atoms with Crippen LogP contribution in [-0.4, -0.2) is 60.3 Å². The number of amides is 5. The largest absolute Gasteiger partial charge is 0.381 e. The van der Waals surface area contributed by atoms with E-state index in [1.165, 1.54) is 12.1 Å². The summed E-state index contributed by atoms with van der Waals surface area (Å²) in [6, 6.07) is 10.1. The molecule has 50 heavy (non-hydrogen) atoms. The molecule has 0 bridgehead atoms. The van der Waals surface area contributed by atoms with Crippen LogP contribution in [0, 0.1) is 21.0 Å². The Morgan fingerprint density at radius 1 is 0.900 bits per heavy atom. The van der Waals surface area contributed by atoms with Crippen molar-refractivity contribution >= 4 is 63.5 Å². The van der Waals surface area contributed by atoms with Gasteiger partial charge in [-0.15, -0.1) is 0 Å². The molecule has 2 aliphatic heterocycles. The summed E-state index contributed by atoms with van der Waals surface area (Å²) in [5.74, 6) is -6.18. The van der Waals surface area contributed by atoms with Gasteiger partial charge in [0.15, 0.2) is 11.6 Å². The molecule has 1 unspecified atom stereocenters.